The molecule has 0 heterocycles. The largest absolute Gasteiger partial charge is 0.490 e. The summed E-state index contributed by atoms with van der Waals surface area (Å²) < 4.78 is 16.6. The molecule has 7 nitrogen and oxygen atoms in total. The van der Waals surface area contributed by atoms with Crippen molar-refractivity contribution in [1.82, 2.24) is 0 Å². The molecular weight excluding hydrogens is 444 g/mol. The Balaban J connectivity index is 1.56. The first-order chi connectivity index (χ1) is 16.8. The van der Waals surface area contributed by atoms with E-state index in [0.29, 0.717) is 34.0 Å². The normalized spacial score (nSPS) is 11.7. The van der Waals surface area contributed by atoms with E-state index in [2.05, 4.69) is 6.92 Å². The summed E-state index contributed by atoms with van der Waals surface area (Å²) >= 11 is 0. The van der Waals surface area contributed by atoms with Crippen molar-refractivity contribution in [2.24, 2.45) is 0 Å². The molecule has 0 fully saturated rings. The van der Waals surface area contributed by atoms with Gasteiger partial charge >= 0.3 is 11.9 Å². The average molecular weight is 475 g/mol. The van der Waals surface area contributed by atoms with Gasteiger partial charge in [-0.1, -0.05) is 37.6 Å². The zero-order valence-corrected chi connectivity index (χ0v) is 19.9. The highest BCUT2D eigenvalue weighted by atomic mass is 16.5. The van der Waals surface area contributed by atoms with Crippen LogP contribution in [-0.2, 0) is 16.1 Å². The van der Waals surface area contributed by atoms with Crippen molar-refractivity contribution in [1.29, 1.82) is 0 Å². The van der Waals surface area contributed by atoms with E-state index < -0.39 is 11.9 Å². The van der Waals surface area contributed by atoms with Gasteiger partial charge in [0.25, 0.3) is 0 Å². The molecule has 3 aromatic rings. The molecule has 35 heavy (non-hydrogen) atoms. The lowest BCUT2D eigenvalue weighted by atomic mass is 10.2. The average Bonchev–Trinajstić information content (AvgIpc) is 2.82. The molecule has 0 amide bonds. The van der Waals surface area contributed by atoms with Crippen LogP contribution in [0, 0.1) is 0 Å². The van der Waals surface area contributed by atoms with Gasteiger partial charge in [0, 0.05) is 17.5 Å². The number of ether oxygens (including phenoxy) is 3. The lowest BCUT2D eigenvalue weighted by Gasteiger charge is -2.16. The van der Waals surface area contributed by atoms with Crippen LogP contribution >= 0.6 is 0 Å². The third-order valence-electron chi connectivity index (χ3n) is 5.05. The molecule has 0 saturated carbocycles. The molecule has 1 unspecified atom stereocenters. The molecule has 0 radical (unpaired) electrons. The summed E-state index contributed by atoms with van der Waals surface area (Å²) in [6.45, 7) is 4.12. The molecule has 0 aliphatic carbocycles. The van der Waals surface area contributed by atoms with Crippen LogP contribution in [0.3, 0.4) is 0 Å². The Kier molecular flexibility index (Phi) is 8.89. The summed E-state index contributed by atoms with van der Waals surface area (Å²) in [6, 6.07) is 18.8. The molecule has 0 aliphatic rings. The van der Waals surface area contributed by atoms with Crippen molar-refractivity contribution in [3.05, 3.63) is 89.5 Å². The summed E-state index contributed by atoms with van der Waals surface area (Å²) in [6.07, 6.45) is 4.81. The van der Waals surface area contributed by atoms with Gasteiger partial charge in [-0.2, -0.15) is 0 Å². The van der Waals surface area contributed by atoms with E-state index in [9.17, 15) is 9.59 Å². The number of benzene rings is 3. The number of nitrogens with two attached hydrogens (primary N) is 2. The molecule has 0 saturated heterocycles. The van der Waals surface area contributed by atoms with Gasteiger partial charge in [0.1, 0.15) is 23.7 Å². The highest BCUT2D eigenvalue weighted by molar-refractivity contribution is 5.94. The van der Waals surface area contributed by atoms with Crippen molar-refractivity contribution >= 4 is 29.4 Å². The first-order valence-corrected chi connectivity index (χ1v) is 11.4. The second-order valence-electron chi connectivity index (χ2n) is 8.12. The van der Waals surface area contributed by atoms with Crippen LogP contribution < -0.4 is 20.9 Å². The molecule has 1 atom stereocenters. The van der Waals surface area contributed by atoms with Gasteiger partial charge in [-0.25, -0.2) is 9.59 Å². The van der Waals surface area contributed by atoms with E-state index in [0.717, 1.165) is 18.4 Å². The Labute approximate surface area is 205 Å². The third-order valence-corrected chi connectivity index (χ3v) is 5.05. The van der Waals surface area contributed by atoms with E-state index >= 15 is 0 Å². The van der Waals surface area contributed by atoms with E-state index in [1.807, 2.05) is 13.0 Å². The number of hydrogen-bond donors (Lipinski definition) is 2. The summed E-state index contributed by atoms with van der Waals surface area (Å²) in [5, 5.41) is 0. The summed E-state index contributed by atoms with van der Waals surface area (Å²) in [4.78, 5) is 24.7. The molecule has 3 aromatic carbocycles. The van der Waals surface area contributed by atoms with Crippen molar-refractivity contribution in [2.75, 3.05) is 11.5 Å². The van der Waals surface area contributed by atoms with Gasteiger partial charge in [-0.15, -0.1) is 0 Å². The van der Waals surface area contributed by atoms with Crippen LogP contribution in [0.2, 0.25) is 0 Å². The van der Waals surface area contributed by atoms with Crippen molar-refractivity contribution in [3.8, 4) is 11.5 Å². The highest BCUT2D eigenvalue weighted by Crippen LogP contribution is 2.23. The third kappa shape index (κ3) is 7.92. The molecule has 0 spiro atoms. The minimum atomic E-state index is -0.504. The number of carbonyl (C=O) groups excluding carboxylic acids is 2. The van der Waals surface area contributed by atoms with Crippen LogP contribution in [-0.4, -0.2) is 18.0 Å². The van der Waals surface area contributed by atoms with E-state index in [1.165, 1.54) is 6.08 Å². The van der Waals surface area contributed by atoms with Gasteiger partial charge in [-0.3, -0.25) is 0 Å². The summed E-state index contributed by atoms with van der Waals surface area (Å²) in [5.74, 6) is -0.128. The number of hydrogen-bond acceptors (Lipinski definition) is 7. The van der Waals surface area contributed by atoms with Crippen molar-refractivity contribution in [3.63, 3.8) is 0 Å². The molecule has 0 aliphatic heterocycles. The Morgan fingerprint density at radius 2 is 1.66 bits per heavy atom. The Morgan fingerprint density at radius 1 is 0.971 bits per heavy atom. The molecule has 4 N–H and O–H groups in total. The lowest BCUT2D eigenvalue weighted by Crippen LogP contribution is -2.15. The van der Waals surface area contributed by atoms with E-state index in [4.69, 9.17) is 25.7 Å². The number of rotatable bonds is 10. The van der Waals surface area contributed by atoms with Crippen LogP contribution in [0.25, 0.3) is 6.08 Å². The molecule has 0 bridgehead atoms. The highest BCUT2D eigenvalue weighted by Gasteiger charge is 2.16. The monoisotopic (exact) mass is 474 g/mol. The van der Waals surface area contributed by atoms with Crippen LogP contribution in [0.1, 0.15) is 48.2 Å². The number of esters is 2. The van der Waals surface area contributed by atoms with E-state index in [-0.39, 0.29) is 12.7 Å². The number of carbonyl (C=O) groups is 2. The predicted molar refractivity (Wildman–Crippen MR) is 137 cm³/mol. The Morgan fingerprint density at radius 3 is 2.34 bits per heavy atom. The van der Waals surface area contributed by atoms with Crippen LogP contribution in [0.4, 0.5) is 11.4 Å². The predicted octanol–water partition coefficient (Wildman–Crippen LogP) is 5.39. The second-order valence-corrected chi connectivity index (χ2v) is 8.12. The van der Waals surface area contributed by atoms with Crippen molar-refractivity contribution in [2.45, 2.75) is 39.4 Å². The molecular formula is C28H30N2O5. The minimum absolute atomic E-state index is 0.00401. The zero-order valence-electron chi connectivity index (χ0n) is 19.9. The first-order valence-electron chi connectivity index (χ1n) is 11.4. The van der Waals surface area contributed by atoms with Gasteiger partial charge in [0.05, 0.1) is 6.10 Å². The van der Waals surface area contributed by atoms with Crippen molar-refractivity contribution < 1.29 is 23.8 Å². The Bertz CT molecular complexity index is 1170. The van der Waals surface area contributed by atoms with Crippen LogP contribution in [0.15, 0.2) is 72.8 Å². The zero-order chi connectivity index (χ0) is 25.2. The first kappa shape index (κ1) is 25.4. The Hall–Kier alpha value is -4.26. The van der Waals surface area contributed by atoms with Gasteiger partial charge in [0.15, 0.2) is 0 Å². The topological polar surface area (TPSA) is 114 Å². The van der Waals surface area contributed by atoms with Gasteiger partial charge < -0.3 is 25.7 Å². The maximum atomic E-state index is 12.7. The fourth-order valence-electron chi connectivity index (χ4n) is 3.43. The molecule has 0 aromatic heterocycles. The van der Waals surface area contributed by atoms with Gasteiger partial charge in [-0.05, 0) is 73.0 Å². The minimum Gasteiger partial charge on any atom is -0.490 e. The maximum absolute atomic E-state index is 12.7. The lowest BCUT2D eigenvalue weighted by molar-refractivity contribution is -0.138. The van der Waals surface area contributed by atoms with Crippen LogP contribution in [0.5, 0.6) is 11.5 Å². The number of nitrogen functional groups attached to an aromatic ring is 2. The number of anilines is 2. The van der Waals surface area contributed by atoms with E-state index in [1.54, 1.807) is 66.7 Å². The molecule has 3 rings (SSSR count). The van der Waals surface area contributed by atoms with Gasteiger partial charge in [0.2, 0.25) is 0 Å². The maximum Gasteiger partial charge on any atom is 0.347 e. The molecule has 7 heteroatoms. The quantitative estimate of drug-likeness (QED) is 0.175. The smallest absolute Gasteiger partial charge is 0.347 e. The fraction of sp³-hybridized carbons (Fsp3) is 0.214. The summed E-state index contributed by atoms with van der Waals surface area (Å²) in [5.41, 5.74) is 14.3. The second kappa shape index (κ2) is 12.3. The fourth-order valence-corrected chi connectivity index (χ4v) is 3.43. The summed E-state index contributed by atoms with van der Waals surface area (Å²) in [7, 11) is 0. The standard InChI is InChI=1S/C28H30N2O5/c1-3-6-19(2)34-26-8-5-4-7-25(26)28(32)35-24-12-9-20(10-13-24)11-14-27(31)33-18-21-15-22(29)17-23(30)16-21/h4-5,7-17,19H,3,6,18,29-30H2,1-2H3/b14-11+. The number of para-hydroxylation sites is 1. The SMILES string of the molecule is CCCC(C)Oc1ccccc1C(=O)Oc1ccc(/C=C/C(=O)OCc2cc(N)cc(N)c2)cc1. The molecule has 182 valence electrons.